The smallest absolute Gasteiger partial charge is 0.240 e. The van der Waals surface area contributed by atoms with E-state index in [1.165, 1.54) is 0 Å². The molecule has 1 aromatic carbocycles. The predicted molar refractivity (Wildman–Crippen MR) is 85.1 cm³/mol. The quantitative estimate of drug-likeness (QED) is 0.576. The first-order valence-corrected chi connectivity index (χ1v) is 7.52. The third kappa shape index (κ3) is 4.81. The predicted octanol–water partition coefficient (Wildman–Crippen LogP) is 2.07. The Morgan fingerprint density at radius 2 is 2.10 bits per heavy atom. The zero-order valence-corrected chi connectivity index (χ0v) is 13.0. The van der Waals surface area contributed by atoms with E-state index in [2.05, 4.69) is 35.2 Å². The summed E-state index contributed by atoms with van der Waals surface area (Å²) in [4.78, 5) is 11.8. The highest BCUT2D eigenvalue weighted by atomic mass is 35.5. The number of nitrogens with one attached hydrogen (secondary N) is 3. The van der Waals surface area contributed by atoms with E-state index in [0.717, 1.165) is 12.0 Å². The van der Waals surface area contributed by atoms with E-state index >= 15 is 0 Å². The number of nitrogens with zero attached hydrogens (tertiary/aromatic N) is 1. The molecule has 1 aliphatic heterocycles. The molecular formula is C15H21ClN4O. The van der Waals surface area contributed by atoms with Crippen molar-refractivity contribution < 1.29 is 4.79 Å². The number of benzene rings is 1. The van der Waals surface area contributed by atoms with Gasteiger partial charge in [0.25, 0.3) is 0 Å². The van der Waals surface area contributed by atoms with Crippen molar-refractivity contribution in [3.63, 3.8) is 0 Å². The van der Waals surface area contributed by atoms with Crippen LogP contribution in [0.25, 0.3) is 0 Å². The molecule has 0 radical (unpaired) electrons. The van der Waals surface area contributed by atoms with Crippen LogP contribution in [0.1, 0.15) is 32.3 Å². The molecule has 6 heteroatoms. The Morgan fingerprint density at radius 3 is 2.76 bits per heavy atom. The number of hydrazone groups is 1. The van der Waals surface area contributed by atoms with E-state index in [1.54, 1.807) is 18.3 Å². The van der Waals surface area contributed by atoms with E-state index in [-0.39, 0.29) is 5.91 Å². The molecule has 114 valence electrons. The van der Waals surface area contributed by atoms with Gasteiger partial charge in [-0.1, -0.05) is 23.7 Å². The standard InChI is InChI=1S/C15H21ClN4O/c1-10-14(11(2)19-18-10)6-7-15(21)20-17-9-12-4-3-5-13(16)8-12/h3-5,8-11,14,18-19H,6-7H2,1-2H3,(H,20,21)/b17-9+. The molecular weight excluding hydrogens is 288 g/mol. The molecule has 0 aromatic heterocycles. The molecule has 1 saturated heterocycles. The maximum absolute atomic E-state index is 11.8. The van der Waals surface area contributed by atoms with Crippen molar-refractivity contribution in [2.75, 3.05) is 0 Å². The van der Waals surface area contributed by atoms with Crippen molar-refractivity contribution in [1.82, 2.24) is 16.3 Å². The van der Waals surface area contributed by atoms with Crippen molar-refractivity contribution in [3.05, 3.63) is 34.9 Å². The number of rotatable bonds is 5. The largest absolute Gasteiger partial charge is 0.273 e. The van der Waals surface area contributed by atoms with E-state index in [0.29, 0.717) is 29.4 Å². The van der Waals surface area contributed by atoms with Crippen LogP contribution in [0.4, 0.5) is 0 Å². The summed E-state index contributed by atoms with van der Waals surface area (Å²) in [5.74, 6) is 0.382. The third-order valence-corrected chi connectivity index (χ3v) is 4.01. The maximum Gasteiger partial charge on any atom is 0.240 e. The monoisotopic (exact) mass is 308 g/mol. The minimum Gasteiger partial charge on any atom is -0.273 e. The van der Waals surface area contributed by atoms with Gasteiger partial charge in [0.15, 0.2) is 0 Å². The average Bonchev–Trinajstić information content (AvgIpc) is 2.76. The molecule has 1 heterocycles. The molecule has 21 heavy (non-hydrogen) atoms. The highest BCUT2D eigenvalue weighted by Crippen LogP contribution is 2.19. The highest BCUT2D eigenvalue weighted by molar-refractivity contribution is 6.30. The number of halogens is 1. The summed E-state index contributed by atoms with van der Waals surface area (Å²) in [7, 11) is 0. The van der Waals surface area contributed by atoms with Crippen LogP contribution in [0.3, 0.4) is 0 Å². The second-order valence-electron chi connectivity index (χ2n) is 5.42. The van der Waals surface area contributed by atoms with E-state index in [9.17, 15) is 4.79 Å². The lowest BCUT2D eigenvalue weighted by molar-refractivity contribution is -0.121. The zero-order chi connectivity index (χ0) is 15.2. The Balaban J connectivity index is 1.75. The molecule has 2 unspecified atom stereocenters. The van der Waals surface area contributed by atoms with Gasteiger partial charge < -0.3 is 0 Å². The Labute approximate surface area is 130 Å². The summed E-state index contributed by atoms with van der Waals surface area (Å²) in [6, 6.07) is 8.06. The van der Waals surface area contributed by atoms with Gasteiger partial charge in [0.1, 0.15) is 0 Å². The lowest BCUT2D eigenvalue weighted by Gasteiger charge is -2.16. The van der Waals surface area contributed by atoms with Crippen LogP contribution < -0.4 is 16.3 Å². The van der Waals surface area contributed by atoms with Crippen LogP contribution in [0, 0.1) is 5.92 Å². The summed E-state index contributed by atoms with van der Waals surface area (Å²) in [6.45, 7) is 4.24. The molecule has 1 amide bonds. The van der Waals surface area contributed by atoms with Gasteiger partial charge in [0, 0.05) is 23.5 Å². The summed E-state index contributed by atoms with van der Waals surface area (Å²) < 4.78 is 0. The molecule has 3 N–H and O–H groups in total. The van der Waals surface area contributed by atoms with Gasteiger partial charge in [-0.05, 0) is 43.9 Å². The van der Waals surface area contributed by atoms with Crippen molar-refractivity contribution >= 4 is 23.7 Å². The Kier molecular flexibility index (Phi) is 5.73. The highest BCUT2D eigenvalue weighted by Gasteiger charge is 2.29. The van der Waals surface area contributed by atoms with Crippen LogP contribution in [0.15, 0.2) is 29.4 Å². The number of hydrogen-bond acceptors (Lipinski definition) is 4. The SMILES string of the molecule is CC1NNC(C)C1CCC(=O)N/N=C/c1cccc(Cl)c1. The first-order chi connectivity index (χ1) is 10.1. The van der Waals surface area contributed by atoms with Crippen molar-refractivity contribution in [1.29, 1.82) is 0 Å². The second-order valence-corrected chi connectivity index (χ2v) is 5.85. The molecule has 1 aromatic rings. The lowest BCUT2D eigenvalue weighted by atomic mass is 9.91. The van der Waals surface area contributed by atoms with Gasteiger partial charge in [-0.3, -0.25) is 15.6 Å². The fourth-order valence-electron chi connectivity index (χ4n) is 2.53. The first kappa shape index (κ1) is 15.9. The zero-order valence-electron chi connectivity index (χ0n) is 12.3. The van der Waals surface area contributed by atoms with E-state index in [4.69, 9.17) is 11.6 Å². The third-order valence-electron chi connectivity index (χ3n) is 3.78. The fraction of sp³-hybridized carbons (Fsp3) is 0.467. The second kappa shape index (κ2) is 7.54. The van der Waals surface area contributed by atoms with Crippen molar-refractivity contribution in [2.45, 2.75) is 38.8 Å². The number of hydrogen-bond donors (Lipinski definition) is 3. The molecule has 0 aliphatic carbocycles. The van der Waals surface area contributed by atoms with E-state index < -0.39 is 0 Å². The molecule has 2 atom stereocenters. The molecule has 5 nitrogen and oxygen atoms in total. The Hall–Kier alpha value is -1.43. The van der Waals surface area contributed by atoms with Crippen LogP contribution >= 0.6 is 11.6 Å². The van der Waals surface area contributed by atoms with Crippen LogP contribution in [0.5, 0.6) is 0 Å². The summed E-state index contributed by atoms with van der Waals surface area (Å²) in [5.41, 5.74) is 9.78. The number of carbonyl (C=O) groups is 1. The molecule has 2 rings (SSSR count). The molecule has 0 saturated carbocycles. The summed E-state index contributed by atoms with van der Waals surface area (Å²) in [5, 5.41) is 4.60. The first-order valence-electron chi connectivity index (χ1n) is 7.15. The normalized spacial score (nSPS) is 25.4. The number of amides is 1. The van der Waals surface area contributed by atoms with Crippen molar-refractivity contribution in [2.24, 2.45) is 11.0 Å². The van der Waals surface area contributed by atoms with E-state index in [1.807, 2.05) is 12.1 Å². The van der Waals surface area contributed by atoms with Gasteiger partial charge in [-0.25, -0.2) is 5.43 Å². The van der Waals surface area contributed by atoms with Crippen molar-refractivity contribution in [3.8, 4) is 0 Å². The van der Waals surface area contributed by atoms with Gasteiger partial charge in [-0.15, -0.1) is 0 Å². The summed E-state index contributed by atoms with van der Waals surface area (Å²) in [6.07, 6.45) is 2.89. The molecule has 1 fully saturated rings. The van der Waals surface area contributed by atoms with Crippen LogP contribution in [-0.2, 0) is 4.79 Å². The molecule has 0 bridgehead atoms. The molecule has 0 spiro atoms. The topological polar surface area (TPSA) is 65.5 Å². The van der Waals surface area contributed by atoms with Gasteiger partial charge >= 0.3 is 0 Å². The summed E-state index contributed by atoms with van der Waals surface area (Å²) >= 11 is 5.88. The number of hydrazine groups is 1. The maximum atomic E-state index is 11.8. The van der Waals surface area contributed by atoms with Crippen LogP contribution in [-0.4, -0.2) is 24.2 Å². The lowest BCUT2D eigenvalue weighted by Crippen LogP contribution is -2.30. The Bertz CT molecular complexity index is 510. The van der Waals surface area contributed by atoms with Crippen LogP contribution in [0.2, 0.25) is 5.02 Å². The molecule has 1 aliphatic rings. The Morgan fingerprint density at radius 1 is 1.38 bits per heavy atom. The minimum absolute atomic E-state index is 0.0698. The fourth-order valence-corrected chi connectivity index (χ4v) is 2.73. The average molecular weight is 309 g/mol. The van der Waals surface area contributed by atoms with Gasteiger partial charge in [0.2, 0.25) is 5.91 Å². The number of carbonyl (C=O) groups excluding carboxylic acids is 1. The minimum atomic E-state index is -0.0698. The van der Waals surface area contributed by atoms with Gasteiger partial charge in [0.05, 0.1) is 6.21 Å². The van der Waals surface area contributed by atoms with Gasteiger partial charge in [-0.2, -0.15) is 5.10 Å².